The molecule has 0 bridgehead atoms. The SMILES string of the molecule is CCN(C(=O)CCNCc1ccc(F)cc1)c1cccc(C)c1. The van der Waals surface area contributed by atoms with E-state index in [1.807, 2.05) is 38.1 Å². The molecule has 0 heterocycles. The standard InChI is InChI=1S/C19H23FN2O/c1-3-22(18-6-4-5-15(2)13-18)19(23)11-12-21-14-16-7-9-17(20)10-8-16/h4-10,13,21H,3,11-12,14H2,1-2H3. The molecule has 0 saturated carbocycles. The number of halogens is 1. The number of amides is 1. The van der Waals surface area contributed by atoms with Crippen LogP contribution < -0.4 is 10.2 Å². The molecule has 2 rings (SSSR count). The Bertz CT molecular complexity index is 640. The second-order valence-corrected chi connectivity index (χ2v) is 5.53. The normalized spacial score (nSPS) is 10.6. The summed E-state index contributed by atoms with van der Waals surface area (Å²) in [7, 11) is 0. The molecule has 0 aliphatic heterocycles. The van der Waals surface area contributed by atoms with Crippen molar-refractivity contribution in [3.63, 3.8) is 0 Å². The number of rotatable bonds is 7. The summed E-state index contributed by atoms with van der Waals surface area (Å²) in [6.07, 6.45) is 0.434. The second-order valence-electron chi connectivity index (χ2n) is 5.53. The predicted molar refractivity (Wildman–Crippen MR) is 91.9 cm³/mol. The summed E-state index contributed by atoms with van der Waals surface area (Å²) in [5.74, 6) is -0.134. The Morgan fingerprint density at radius 2 is 1.91 bits per heavy atom. The van der Waals surface area contributed by atoms with Crippen LogP contribution in [0.5, 0.6) is 0 Å². The number of carbonyl (C=O) groups excluding carboxylic acids is 1. The highest BCUT2D eigenvalue weighted by atomic mass is 19.1. The number of hydrogen-bond acceptors (Lipinski definition) is 2. The van der Waals surface area contributed by atoms with Crippen molar-refractivity contribution in [2.45, 2.75) is 26.8 Å². The van der Waals surface area contributed by atoms with E-state index in [-0.39, 0.29) is 11.7 Å². The quantitative estimate of drug-likeness (QED) is 0.791. The summed E-state index contributed by atoms with van der Waals surface area (Å²) < 4.78 is 12.8. The number of anilines is 1. The van der Waals surface area contributed by atoms with Gasteiger partial charge in [0.25, 0.3) is 0 Å². The van der Waals surface area contributed by atoms with Crippen LogP contribution in [0.1, 0.15) is 24.5 Å². The molecule has 0 aromatic heterocycles. The maximum atomic E-state index is 12.8. The maximum absolute atomic E-state index is 12.8. The molecule has 2 aromatic rings. The monoisotopic (exact) mass is 314 g/mol. The molecule has 3 nitrogen and oxygen atoms in total. The van der Waals surface area contributed by atoms with Gasteiger partial charge in [-0.2, -0.15) is 0 Å². The van der Waals surface area contributed by atoms with E-state index >= 15 is 0 Å². The molecule has 2 aromatic carbocycles. The molecule has 0 aliphatic rings. The van der Waals surface area contributed by atoms with Crippen molar-refractivity contribution >= 4 is 11.6 Å². The van der Waals surface area contributed by atoms with Crippen molar-refractivity contribution in [2.24, 2.45) is 0 Å². The Morgan fingerprint density at radius 3 is 2.57 bits per heavy atom. The number of aryl methyl sites for hydroxylation is 1. The number of hydrogen-bond donors (Lipinski definition) is 1. The molecule has 4 heteroatoms. The van der Waals surface area contributed by atoms with E-state index in [0.29, 0.717) is 26.1 Å². The van der Waals surface area contributed by atoms with Gasteiger partial charge in [-0.1, -0.05) is 24.3 Å². The number of carbonyl (C=O) groups is 1. The van der Waals surface area contributed by atoms with Gasteiger partial charge in [0, 0.05) is 31.7 Å². The Balaban J connectivity index is 1.82. The lowest BCUT2D eigenvalue weighted by Gasteiger charge is -2.21. The lowest BCUT2D eigenvalue weighted by molar-refractivity contribution is -0.118. The van der Waals surface area contributed by atoms with Gasteiger partial charge in [-0.3, -0.25) is 4.79 Å². The van der Waals surface area contributed by atoms with Crippen LogP contribution in [0, 0.1) is 12.7 Å². The van der Waals surface area contributed by atoms with Crippen molar-refractivity contribution in [2.75, 3.05) is 18.0 Å². The zero-order chi connectivity index (χ0) is 16.7. The summed E-state index contributed by atoms with van der Waals surface area (Å²) in [4.78, 5) is 14.2. The van der Waals surface area contributed by atoms with Crippen molar-refractivity contribution in [1.29, 1.82) is 0 Å². The topological polar surface area (TPSA) is 32.3 Å². The van der Waals surface area contributed by atoms with E-state index in [1.165, 1.54) is 12.1 Å². The van der Waals surface area contributed by atoms with E-state index in [4.69, 9.17) is 0 Å². The first-order valence-corrected chi connectivity index (χ1v) is 7.92. The number of benzene rings is 2. The summed E-state index contributed by atoms with van der Waals surface area (Å²) in [6.45, 7) is 5.88. The van der Waals surface area contributed by atoms with Gasteiger partial charge in [-0.05, 0) is 49.2 Å². The highest BCUT2D eigenvalue weighted by molar-refractivity contribution is 5.93. The van der Waals surface area contributed by atoms with Crippen LogP contribution in [0.25, 0.3) is 0 Å². The van der Waals surface area contributed by atoms with Crippen molar-refractivity contribution < 1.29 is 9.18 Å². The molecular weight excluding hydrogens is 291 g/mol. The van der Waals surface area contributed by atoms with Crippen LogP contribution in [-0.4, -0.2) is 19.0 Å². The van der Waals surface area contributed by atoms with Gasteiger partial charge in [0.15, 0.2) is 0 Å². The third kappa shape index (κ3) is 5.18. The van der Waals surface area contributed by atoms with Crippen LogP contribution in [0.15, 0.2) is 48.5 Å². The van der Waals surface area contributed by atoms with Crippen molar-refractivity contribution in [3.05, 3.63) is 65.5 Å². The van der Waals surface area contributed by atoms with Crippen LogP contribution in [-0.2, 0) is 11.3 Å². The number of nitrogens with one attached hydrogen (secondary N) is 1. The molecule has 23 heavy (non-hydrogen) atoms. The molecule has 122 valence electrons. The third-order valence-corrected chi connectivity index (χ3v) is 3.69. The minimum absolute atomic E-state index is 0.102. The molecule has 1 amide bonds. The molecule has 0 spiro atoms. The zero-order valence-electron chi connectivity index (χ0n) is 13.7. The molecule has 0 radical (unpaired) electrons. The van der Waals surface area contributed by atoms with E-state index in [9.17, 15) is 9.18 Å². The number of nitrogens with zero attached hydrogens (tertiary/aromatic N) is 1. The van der Waals surface area contributed by atoms with E-state index < -0.39 is 0 Å². The third-order valence-electron chi connectivity index (χ3n) is 3.69. The highest BCUT2D eigenvalue weighted by Gasteiger charge is 2.13. The molecule has 0 saturated heterocycles. The summed E-state index contributed by atoms with van der Waals surface area (Å²) in [6, 6.07) is 14.3. The van der Waals surface area contributed by atoms with Crippen molar-refractivity contribution in [3.8, 4) is 0 Å². The summed E-state index contributed by atoms with van der Waals surface area (Å²) >= 11 is 0. The van der Waals surface area contributed by atoms with Gasteiger partial charge >= 0.3 is 0 Å². The zero-order valence-corrected chi connectivity index (χ0v) is 13.7. The Morgan fingerprint density at radius 1 is 1.17 bits per heavy atom. The maximum Gasteiger partial charge on any atom is 0.228 e. The fourth-order valence-corrected chi connectivity index (χ4v) is 2.46. The van der Waals surface area contributed by atoms with Gasteiger partial charge in [-0.25, -0.2) is 4.39 Å². The Labute approximate surface area is 137 Å². The van der Waals surface area contributed by atoms with Crippen LogP contribution >= 0.6 is 0 Å². The van der Waals surface area contributed by atoms with E-state index in [0.717, 1.165) is 16.8 Å². The molecule has 0 atom stereocenters. The van der Waals surface area contributed by atoms with E-state index in [1.54, 1.807) is 17.0 Å². The molecule has 0 aliphatic carbocycles. The van der Waals surface area contributed by atoms with Gasteiger partial charge in [0.05, 0.1) is 0 Å². The lowest BCUT2D eigenvalue weighted by Crippen LogP contribution is -2.33. The summed E-state index contributed by atoms with van der Waals surface area (Å²) in [5.41, 5.74) is 3.09. The van der Waals surface area contributed by atoms with Crippen molar-refractivity contribution in [1.82, 2.24) is 5.32 Å². The molecule has 1 N–H and O–H groups in total. The lowest BCUT2D eigenvalue weighted by atomic mass is 10.2. The molecular formula is C19H23FN2O. The average Bonchev–Trinajstić information content (AvgIpc) is 2.54. The first-order chi connectivity index (χ1) is 11.1. The molecule has 0 unspecified atom stereocenters. The average molecular weight is 314 g/mol. The summed E-state index contributed by atoms with van der Waals surface area (Å²) in [5, 5.41) is 3.22. The van der Waals surface area contributed by atoms with E-state index in [2.05, 4.69) is 5.32 Å². The Kier molecular flexibility index (Phi) is 6.29. The second kappa shape index (κ2) is 8.44. The minimum atomic E-state index is -0.235. The largest absolute Gasteiger partial charge is 0.313 e. The van der Waals surface area contributed by atoms with Crippen LogP contribution in [0.2, 0.25) is 0 Å². The fourth-order valence-electron chi connectivity index (χ4n) is 2.46. The fraction of sp³-hybridized carbons (Fsp3) is 0.316. The van der Waals surface area contributed by atoms with Crippen LogP contribution in [0.4, 0.5) is 10.1 Å². The molecule has 0 fully saturated rings. The predicted octanol–water partition coefficient (Wildman–Crippen LogP) is 3.67. The van der Waals surface area contributed by atoms with Gasteiger partial charge in [0.2, 0.25) is 5.91 Å². The first kappa shape index (κ1) is 17.2. The van der Waals surface area contributed by atoms with Gasteiger partial charge < -0.3 is 10.2 Å². The first-order valence-electron chi connectivity index (χ1n) is 7.92. The van der Waals surface area contributed by atoms with Gasteiger partial charge in [-0.15, -0.1) is 0 Å². The highest BCUT2D eigenvalue weighted by Crippen LogP contribution is 2.16. The Hall–Kier alpha value is -2.20. The van der Waals surface area contributed by atoms with Crippen LogP contribution in [0.3, 0.4) is 0 Å². The smallest absolute Gasteiger partial charge is 0.228 e. The van der Waals surface area contributed by atoms with Gasteiger partial charge in [0.1, 0.15) is 5.82 Å². The minimum Gasteiger partial charge on any atom is -0.313 e.